The average molecular weight is 265 g/mol. The zero-order chi connectivity index (χ0) is 14.0. The minimum atomic E-state index is -0.128. The van der Waals surface area contributed by atoms with Crippen molar-refractivity contribution in [2.75, 3.05) is 0 Å². The maximum absolute atomic E-state index is 6.72. The normalized spacial score (nSPS) is 26.4. The molecule has 0 saturated heterocycles. The summed E-state index contributed by atoms with van der Waals surface area (Å²) in [6.07, 6.45) is 4.54. The third kappa shape index (κ3) is 2.51. The van der Waals surface area contributed by atoms with Crippen molar-refractivity contribution in [1.82, 2.24) is 0 Å². The highest BCUT2D eigenvalue weighted by molar-refractivity contribution is 5.33. The molecule has 0 amide bonds. The van der Waals surface area contributed by atoms with Crippen LogP contribution in [0.5, 0.6) is 0 Å². The Balaban J connectivity index is 1.77. The van der Waals surface area contributed by atoms with E-state index in [0.717, 1.165) is 12.8 Å². The van der Waals surface area contributed by atoms with E-state index in [2.05, 4.69) is 61.5 Å². The van der Waals surface area contributed by atoms with Crippen LogP contribution in [-0.4, -0.2) is 0 Å². The molecule has 20 heavy (non-hydrogen) atoms. The molecule has 2 aromatic rings. The van der Waals surface area contributed by atoms with E-state index in [1.54, 1.807) is 0 Å². The molecule has 0 heterocycles. The van der Waals surface area contributed by atoms with Crippen molar-refractivity contribution in [2.24, 2.45) is 5.73 Å². The summed E-state index contributed by atoms with van der Waals surface area (Å²) < 4.78 is 0. The molecular formula is C19H23N. The first-order chi connectivity index (χ1) is 9.69. The first-order valence-corrected chi connectivity index (χ1v) is 7.59. The van der Waals surface area contributed by atoms with Gasteiger partial charge >= 0.3 is 0 Å². The van der Waals surface area contributed by atoms with Gasteiger partial charge in [-0.25, -0.2) is 0 Å². The number of hydrogen-bond donors (Lipinski definition) is 1. The fraction of sp³-hybridized carbons (Fsp3) is 0.368. The molecule has 3 rings (SSSR count). The Morgan fingerprint density at radius 2 is 1.50 bits per heavy atom. The molecule has 0 radical (unpaired) electrons. The Morgan fingerprint density at radius 1 is 0.900 bits per heavy atom. The second-order valence-corrected chi connectivity index (χ2v) is 6.16. The topological polar surface area (TPSA) is 26.0 Å². The van der Waals surface area contributed by atoms with Gasteiger partial charge in [0, 0.05) is 5.54 Å². The van der Waals surface area contributed by atoms with E-state index in [1.165, 1.54) is 29.5 Å². The van der Waals surface area contributed by atoms with Gasteiger partial charge in [0.15, 0.2) is 0 Å². The first kappa shape index (κ1) is 13.4. The van der Waals surface area contributed by atoms with E-state index in [4.69, 9.17) is 5.73 Å². The Morgan fingerprint density at radius 3 is 2.15 bits per heavy atom. The fourth-order valence-electron chi connectivity index (χ4n) is 3.59. The van der Waals surface area contributed by atoms with E-state index in [0.29, 0.717) is 5.92 Å². The van der Waals surface area contributed by atoms with Crippen LogP contribution in [0.1, 0.15) is 48.3 Å². The quantitative estimate of drug-likeness (QED) is 0.849. The van der Waals surface area contributed by atoms with Crippen molar-refractivity contribution in [2.45, 2.75) is 44.1 Å². The summed E-state index contributed by atoms with van der Waals surface area (Å²) in [6.45, 7) is 2.17. The van der Waals surface area contributed by atoms with Gasteiger partial charge in [0.2, 0.25) is 0 Å². The largest absolute Gasteiger partial charge is 0.321 e. The van der Waals surface area contributed by atoms with Crippen LogP contribution in [0.15, 0.2) is 54.6 Å². The second-order valence-electron chi connectivity index (χ2n) is 6.16. The van der Waals surface area contributed by atoms with Gasteiger partial charge in [-0.1, -0.05) is 54.6 Å². The van der Waals surface area contributed by atoms with Gasteiger partial charge in [-0.3, -0.25) is 0 Å². The van der Waals surface area contributed by atoms with Crippen molar-refractivity contribution < 1.29 is 0 Å². The molecule has 1 nitrogen and oxygen atoms in total. The predicted octanol–water partition coefficient (Wildman–Crippen LogP) is 4.51. The summed E-state index contributed by atoms with van der Waals surface area (Å²) in [5.41, 5.74) is 10.7. The van der Waals surface area contributed by atoms with Crippen molar-refractivity contribution >= 4 is 0 Å². The van der Waals surface area contributed by atoms with E-state index in [9.17, 15) is 0 Å². The highest BCUT2D eigenvalue weighted by atomic mass is 14.7. The van der Waals surface area contributed by atoms with Crippen LogP contribution in [-0.2, 0) is 5.54 Å². The van der Waals surface area contributed by atoms with Crippen LogP contribution in [0.4, 0.5) is 0 Å². The fourth-order valence-corrected chi connectivity index (χ4v) is 3.59. The highest BCUT2D eigenvalue weighted by Gasteiger charge is 2.34. The number of nitrogens with two attached hydrogens (primary N) is 1. The Kier molecular flexibility index (Phi) is 3.62. The van der Waals surface area contributed by atoms with Crippen LogP contribution >= 0.6 is 0 Å². The van der Waals surface area contributed by atoms with Gasteiger partial charge < -0.3 is 5.73 Å². The average Bonchev–Trinajstić information content (AvgIpc) is 2.49. The minimum Gasteiger partial charge on any atom is -0.321 e. The maximum atomic E-state index is 6.72. The summed E-state index contributed by atoms with van der Waals surface area (Å²) in [4.78, 5) is 0. The summed E-state index contributed by atoms with van der Waals surface area (Å²) in [5, 5.41) is 0. The molecule has 2 N–H and O–H groups in total. The zero-order valence-corrected chi connectivity index (χ0v) is 12.2. The molecule has 0 bridgehead atoms. The van der Waals surface area contributed by atoms with Gasteiger partial charge in [0.05, 0.1) is 0 Å². The molecule has 1 heteroatoms. The van der Waals surface area contributed by atoms with Gasteiger partial charge in [-0.05, 0) is 55.2 Å². The van der Waals surface area contributed by atoms with Gasteiger partial charge in [0.25, 0.3) is 0 Å². The molecule has 1 saturated carbocycles. The standard InChI is InChI=1S/C19H23N/c1-15-7-5-6-10-18(15)19(20)13-11-17(12-14-19)16-8-3-2-4-9-16/h2-10,17H,11-14,20H2,1H3. The van der Waals surface area contributed by atoms with Crippen molar-refractivity contribution in [3.05, 3.63) is 71.3 Å². The van der Waals surface area contributed by atoms with Crippen LogP contribution in [0.3, 0.4) is 0 Å². The Labute approximate surface area is 121 Å². The van der Waals surface area contributed by atoms with Crippen molar-refractivity contribution in [3.8, 4) is 0 Å². The Bertz CT molecular complexity index is 565. The molecule has 0 spiro atoms. The molecule has 2 aromatic carbocycles. The molecule has 1 aliphatic carbocycles. The third-order valence-electron chi connectivity index (χ3n) is 4.83. The molecule has 1 fully saturated rings. The lowest BCUT2D eigenvalue weighted by Gasteiger charge is -2.38. The van der Waals surface area contributed by atoms with Crippen molar-refractivity contribution in [1.29, 1.82) is 0 Å². The lowest BCUT2D eigenvalue weighted by Crippen LogP contribution is -2.40. The number of rotatable bonds is 2. The molecule has 104 valence electrons. The summed E-state index contributed by atoms with van der Waals surface area (Å²) >= 11 is 0. The molecule has 0 atom stereocenters. The van der Waals surface area contributed by atoms with Gasteiger partial charge in [-0.15, -0.1) is 0 Å². The predicted molar refractivity (Wildman–Crippen MR) is 84.7 cm³/mol. The SMILES string of the molecule is Cc1ccccc1C1(N)CCC(c2ccccc2)CC1. The third-order valence-corrected chi connectivity index (χ3v) is 4.83. The van der Waals surface area contributed by atoms with Gasteiger partial charge in [-0.2, -0.15) is 0 Å². The lowest BCUT2D eigenvalue weighted by atomic mass is 9.71. The maximum Gasteiger partial charge on any atom is 0.0412 e. The monoisotopic (exact) mass is 265 g/mol. The Hall–Kier alpha value is -1.60. The molecule has 0 aliphatic heterocycles. The zero-order valence-electron chi connectivity index (χ0n) is 12.2. The lowest BCUT2D eigenvalue weighted by molar-refractivity contribution is 0.276. The van der Waals surface area contributed by atoms with E-state index < -0.39 is 0 Å². The van der Waals surface area contributed by atoms with Crippen LogP contribution in [0.2, 0.25) is 0 Å². The van der Waals surface area contributed by atoms with E-state index in [-0.39, 0.29) is 5.54 Å². The molecule has 1 aliphatic rings. The molecular weight excluding hydrogens is 242 g/mol. The van der Waals surface area contributed by atoms with Crippen LogP contribution < -0.4 is 5.73 Å². The van der Waals surface area contributed by atoms with Crippen molar-refractivity contribution in [3.63, 3.8) is 0 Å². The summed E-state index contributed by atoms with van der Waals surface area (Å²) in [5.74, 6) is 0.678. The first-order valence-electron chi connectivity index (χ1n) is 7.59. The second kappa shape index (κ2) is 5.41. The highest BCUT2D eigenvalue weighted by Crippen LogP contribution is 2.42. The number of aryl methyl sites for hydroxylation is 1. The number of hydrogen-bond acceptors (Lipinski definition) is 1. The molecule has 0 unspecified atom stereocenters. The number of benzene rings is 2. The van der Waals surface area contributed by atoms with Crippen LogP contribution in [0.25, 0.3) is 0 Å². The summed E-state index contributed by atoms with van der Waals surface area (Å²) in [7, 11) is 0. The van der Waals surface area contributed by atoms with E-state index in [1.807, 2.05) is 0 Å². The van der Waals surface area contributed by atoms with Crippen LogP contribution in [0, 0.1) is 6.92 Å². The van der Waals surface area contributed by atoms with E-state index >= 15 is 0 Å². The van der Waals surface area contributed by atoms with Gasteiger partial charge in [0.1, 0.15) is 0 Å². The summed E-state index contributed by atoms with van der Waals surface area (Å²) in [6, 6.07) is 19.5. The molecule has 0 aromatic heterocycles. The minimum absolute atomic E-state index is 0.128. The smallest absolute Gasteiger partial charge is 0.0412 e.